The van der Waals surface area contributed by atoms with Crippen molar-refractivity contribution in [1.29, 1.82) is 10.5 Å². The molecule has 0 bridgehead atoms. The first kappa shape index (κ1) is 22.1. The molecule has 1 aliphatic carbocycles. The quantitative estimate of drug-likeness (QED) is 0.324. The number of benzene rings is 1. The van der Waals surface area contributed by atoms with Crippen molar-refractivity contribution in [3.63, 3.8) is 0 Å². The van der Waals surface area contributed by atoms with Crippen LogP contribution in [0.3, 0.4) is 0 Å². The highest BCUT2D eigenvalue weighted by molar-refractivity contribution is 7.16. The number of esters is 1. The summed E-state index contributed by atoms with van der Waals surface area (Å²) in [5.41, 5.74) is 2.21. The van der Waals surface area contributed by atoms with Gasteiger partial charge in [0.05, 0.1) is 18.2 Å². The number of nitrogens with one attached hydrogen (secondary N) is 1. The second kappa shape index (κ2) is 9.56. The Labute approximate surface area is 194 Å². The molecule has 2 aromatic heterocycles. The van der Waals surface area contributed by atoms with Crippen LogP contribution in [0.5, 0.6) is 0 Å². The molecule has 0 radical (unpaired) electrons. The molecule has 0 fully saturated rings. The zero-order valence-corrected chi connectivity index (χ0v) is 18.6. The van der Waals surface area contributed by atoms with E-state index in [0.717, 1.165) is 36.1 Å². The number of thiophene rings is 1. The van der Waals surface area contributed by atoms with Crippen LogP contribution in [0, 0.1) is 22.7 Å². The average Bonchev–Trinajstić information content (AvgIpc) is 3.45. The molecule has 0 atom stereocenters. The fraction of sp³-hybridized carbons (Fsp3) is 0.200. The van der Waals surface area contributed by atoms with Gasteiger partial charge in [-0.25, -0.2) is 4.79 Å². The van der Waals surface area contributed by atoms with Crippen LogP contribution in [0.4, 0.5) is 5.00 Å². The van der Waals surface area contributed by atoms with Gasteiger partial charge in [-0.05, 0) is 49.4 Å². The summed E-state index contributed by atoms with van der Waals surface area (Å²) in [5, 5.41) is 22.3. The molecule has 33 heavy (non-hydrogen) atoms. The van der Waals surface area contributed by atoms with Crippen LogP contribution in [0.15, 0.2) is 46.4 Å². The number of furan rings is 1. The summed E-state index contributed by atoms with van der Waals surface area (Å²) in [6.07, 6.45) is 5.14. The van der Waals surface area contributed by atoms with E-state index >= 15 is 0 Å². The molecule has 1 amide bonds. The van der Waals surface area contributed by atoms with Crippen molar-refractivity contribution in [3.8, 4) is 23.5 Å². The number of hydrogen-bond acceptors (Lipinski definition) is 7. The molecule has 0 unspecified atom stereocenters. The Morgan fingerprint density at radius 2 is 1.94 bits per heavy atom. The van der Waals surface area contributed by atoms with Gasteiger partial charge in [-0.3, -0.25) is 4.79 Å². The fourth-order valence-electron chi connectivity index (χ4n) is 3.79. The molecule has 4 rings (SSSR count). The molecule has 0 aliphatic heterocycles. The van der Waals surface area contributed by atoms with E-state index in [2.05, 4.69) is 11.4 Å². The molecule has 1 N–H and O–H groups in total. The van der Waals surface area contributed by atoms with Crippen LogP contribution >= 0.6 is 11.3 Å². The van der Waals surface area contributed by atoms with E-state index < -0.39 is 11.9 Å². The van der Waals surface area contributed by atoms with E-state index in [4.69, 9.17) is 9.15 Å². The first-order valence-corrected chi connectivity index (χ1v) is 11.1. The Bertz CT molecular complexity index is 1350. The minimum absolute atomic E-state index is 0.160. The molecule has 8 heteroatoms. The average molecular weight is 458 g/mol. The van der Waals surface area contributed by atoms with Gasteiger partial charge >= 0.3 is 5.97 Å². The lowest BCUT2D eigenvalue weighted by Gasteiger charge is -2.09. The number of rotatable bonds is 5. The Kier molecular flexibility index (Phi) is 6.39. The van der Waals surface area contributed by atoms with Crippen molar-refractivity contribution in [1.82, 2.24) is 0 Å². The number of aryl methyl sites for hydroxylation is 1. The number of ether oxygens (including phenoxy) is 1. The van der Waals surface area contributed by atoms with Gasteiger partial charge in [-0.1, -0.05) is 18.2 Å². The summed E-state index contributed by atoms with van der Waals surface area (Å²) in [6.45, 7) is 0. The van der Waals surface area contributed by atoms with E-state index in [1.54, 1.807) is 36.4 Å². The summed E-state index contributed by atoms with van der Waals surface area (Å²) in [4.78, 5) is 25.9. The third-order valence-electron chi connectivity index (χ3n) is 5.39. The van der Waals surface area contributed by atoms with Gasteiger partial charge < -0.3 is 14.5 Å². The maximum absolute atomic E-state index is 12.8. The van der Waals surface area contributed by atoms with Crippen molar-refractivity contribution in [3.05, 3.63) is 69.3 Å². The number of hydrogen-bond donors (Lipinski definition) is 1. The van der Waals surface area contributed by atoms with Crippen molar-refractivity contribution >= 4 is 34.3 Å². The number of nitrogens with zero attached hydrogens (tertiary/aromatic N) is 2. The molecule has 2 heterocycles. The van der Waals surface area contributed by atoms with Crippen LogP contribution in [0.1, 0.15) is 45.0 Å². The second-order valence-corrected chi connectivity index (χ2v) is 8.50. The fourth-order valence-corrected chi connectivity index (χ4v) is 5.03. The summed E-state index contributed by atoms with van der Waals surface area (Å²) in [7, 11) is 1.30. The Morgan fingerprint density at radius 1 is 1.15 bits per heavy atom. The van der Waals surface area contributed by atoms with E-state index in [9.17, 15) is 20.1 Å². The summed E-state index contributed by atoms with van der Waals surface area (Å²) >= 11 is 1.40. The van der Waals surface area contributed by atoms with E-state index in [-0.39, 0.29) is 11.3 Å². The molecule has 0 saturated heterocycles. The molecular formula is C25H19N3O4S. The molecule has 164 valence electrons. The normalized spacial score (nSPS) is 12.9. The Morgan fingerprint density at radius 3 is 2.70 bits per heavy atom. The smallest absolute Gasteiger partial charge is 0.338 e. The lowest BCUT2D eigenvalue weighted by atomic mass is 9.96. The molecule has 0 saturated carbocycles. The summed E-state index contributed by atoms with van der Waals surface area (Å²) < 4.78 is 10.6. The number of carbonyl (C=O) groups excluding carboxylic acids is 2. The number of nitriles is 2. The zero-order valence-electron chi connectivity index (χ0n) is 17.8. The van der Waals surface area contributed by atoms with Gasteiger partial charge in [0.25, 0.3) is 5.91 Å². The summed E-state index contributed by atoms with van der Waals surface area (Å²) in [5.74, 6) is -0.427. The number of anilines is 1. The van der Waals surface area contributed by atoms with Crippen LogP contribution in [-0.2, 0) is 22.4 Å². The third kappa shape index (κ3) is 4.43. The standard InChI is InChI=1S/C25H19N3O4S/c1-31-25(30)19-8-3-2-6-17(19)21-11-10-16(32-21)12-15(13-26)23(29)28-24-20(14-27)18-7-4-5-9-22(18)33-24/h2-3,6,8,10-12H,4-5,7,9H2,1H3,(H,28,29). The van der Waals surface area contributed by atoms with Gasteiger partial charge in [-0.15, -0.1) is 11.3 Å². The van der Waals surface area contributed by atoms with Crippen LogP contribution in [0.25, 0.3) is 17.4 Å². The largest absolute Gasteiger partial charge is 0.465 e. The van der Waals surface area contributed by atoms with Crippen molar-refractivity contribution in [2.24, 2.45) is 0 Å². The predicted molar refractivity (Wildman–Crippen MR) is 123 cm³/mol. The predicted octanol–water partition coefficient (Wildman–Crippen LogP) is 5.09. The highest BCUT2D eigenvalue weighted by atomic mass is 32.1. The Hall–Kier alpha value is -4.14. The zero-order chi connectivity index (χ0) is 23.4. The number of carbonyl (C=O) groups is 2. The molecule has 1 aliphatic rings. The lowest BCUT2D eigenvalue weighted by molar-refractivity contribution is -0.112. The number of fused-ring (bicyclic) bond motifs is 1. The molecule has 3 aromatic rings. The van der Waals surface area contributed by atoms with Crippen molar-refractivity contribution < 1.29 is 18.7 Å². The lowest BCUT2D eigenvalue weighted by Crippen LogP contribution is -2.13. The van der Waals surface area contributed by atoms with Crippen molar-refractivity contribution in [2.45, 2.75) is 25.7 Å². The third-order valence-corrected chi connectivity index (χ3v) is 6.59. The summed E-state index contributed by atoms with van der Waals surface area (Å²) in [6, 6.07) is 14.2. The van der Waals surface area contributed by atoms with Gasteiger partial charge in [-0.2, -0.15) is 10.5 Å². The molecular weight excluding hydrogens is 438 g/mol. The molecule has 7 nitrogen and oxygen atoms in total. The number of amides is 1. The highest BCUT2D eigenvalue weighted by Crippen LogP contribution is 2.37. The van der Waals surface area contributed by atoms with Gasteiger partial charge in [0.2, 0.25) is 0 Å². The minimum Gasteiger partial charge on any atom is -0.465 e. The SMILES string of the molecule is COC(=O)c1ccccc1-c1ccc(C=C(C#N)C(=O)Nc2sc3c(c2C#N)CCCC3)o1. The first-order valence-electron chi connectivity index (χ1n) is 10.3. The second-order valence-electron chi connectivity index (χ2n) is 7.39. The van der Waals surface area contributed by atoms with Crippen LogP contribution in [-0.4, -0.2) is 19.0 Å². The minimum atomic E-state index is -0.611. The van der Waals surface area contributed by atoms with Crippen molar-refractivity contribution in [2.75, 3.05) is 12.4 Å². The van der Waals surface area contributed by atoms with Crippen LogP contribution in [0.2, 0.25) is 0 Å². The van der Waals surface area contributed by atoms with Gasteiger partial charge in [0.1, 0.15) is 34.2 Å². The van der Waals surface area contributed by atoms with E-state index in [1.165, 1.54) is 24.5 Å². The van der Waals surface area contributed by atoms with Gasteiger partial charge in [0, 0.05) is 16.5 Å². The topological polar surface area (TPSA) is 116 Å². The van der Waals surface area contributed by atoms with E-state index in [1.807, 2.05) is 6.07 Å². The first-order chi connectivity index (χ1) is 16.0. The maximum atomic E-state index is 12.8. The highest BCUT2D eigenvalue weighted by Gasteiger charge is 2.23. The maximum Gasteiger partial charge on any atom is 0.338 e. The number of methoxy groups -OCH3 is 1. The van der Waals surface area contributed by atoms with E-state index in [0.29, 0.717) is 27.5 Å². The van der Waals surface area contributed by atoms with Crippen LogP contribution < -0.4 is 5.32 Å². The molecule has 1 aromatic carbocycles. The van der Waals surface area contributed by atoms with Gasteiger partial charge in [0.15, 0.2) is 0 Å². The molecule has 0 spiro atoms. The Balaban J connectivity index is 1.59. The monoisotopic (exact) mass is 457 g/mol.